The average Bonchev–Trinajstić information content (AvgIpc) is 3.44. The van der Waals surface area contributed by atoms with Gasteiger partial charge in [0.1, 0.15) is 0 Å². The average molecular weight is 383 g/mol. The molecule has 0 bridgehead atoms. The largest absolute Gasteiger partial charge is 0.391 e. The van der Waals surface area contributed by atoms with E-state index in [1.54, 1.807) is 0 Å². The van der Waals surface area contributed by atoms with Crippen LogP contribution in [-0.4, -0.2) is 44.2 Å². The SMILES string of the molecule is CCCCCCN1C[C@@H](n2cc(C3CC3)nn2)[C@H](O)C[C@H]1c1ccc(C)cc1. The molecule has 1 N–H and O–H groups in total. The molecule has 2 aromatic rings. The second-order valence-corrected chi connectivity index (χ2v) is 8.75. The first-order valence-corrected chi connectivity index (χ1v) is 11.1. The molecule has 1 saturated heterocycles. The first-order valence-electron chi connectivity index (χ1n) is 11.1. The number of aliphatic hydroxyl groups excluding tert-OH is 1. The van der Waals surface area contributed by atoms with Crippen LogP contribution in [0.5, 0.6) is 0 Å². The first kappa shape index (κ1) is 19.6. The summed E-state index contributed by atoms with van der Waals surface area (Å²) >= 11 is 0. The molecular formula is C23H34N4O. The molecule has 1 aromatic carbocycles. The van der Waals surface area contributed by atoms with Gasteiger partial charge >= 0.3 is 0 Å². The van der Waals surface area contributed by atoms with Crippen molar-refractivity contribution in [1.29, 1.82) is 0 Å². The number of aryl methyl sites for hydroxylation is 1. The van der Waals surface area contributed by atoms with Gasteiger partial charge in [0, 0.05) is 24.7 Å². The third kappa shape index (κ3) is 4.47. The molecule has 1 aromatic heterocycles. The lowest BCUT2D eigenvalue weighted by Crippen LogP contribution is -2.46. The van der Waals surface area contributed by atoms with Gasteiger partial charge in [-0.25, -0.2) is 4.68 Å². The predicted molar refractivity (Wildman–Crippen MR) is 111 cm³/mol. The Kier molecular flexibility index (Phi) is 6.12. The van der Waals surface area contributed by atoms with Gasteiger partial charge in [-0.05, 0) is 44.7 Å². The van der Waals surface area contributed by atoms with Crippen LogP contribution in [0.2, 0.25) is 0 Å². The summed E-state index contributed by atoms with van der Waals surface area (Å²) in [5.74, 6) is 0.597. The number of nitrogens with zero attached hydrogens (tertiary/aromatic N) is 4. The van der Waals surface area contributed by atoms with Gasteiger partial charge in [-0.1, -0.05) is 61.2 Å². The Morgan fingerprint density at radius 2 is 1.89 bits per heavy atom. The minimum Gasteiger partial charge on any atom is -0.391 e. The fourth-order valence-corrected chi connectivity index (χ4v) is 4.43. The fourth-order valence-electron chi connectivity index (χ4n) is 4.43. The van der Waals surface area contributed by atoms with Crippen molar-refractivity contribution in [3.05, 3.63) is 47.3 Å². The zero-order valence-corrected chi connectivity index (χ0v) is 17.3. The van der Waals surface area contributed by atoms with Crippen LogP contribution in [0, 0.1) is 6.92 Å². The van der Waals surface area contributed by atoms with Crippen LogP contribution in [0.25, 0.3) is 0 Å². The second-order valence-electron chi connectivity index (χ2n) is 8.75. The number of unbranched alkanes of at least 4 members (excludes halogenated alkanes) is 3. The highest BCUT2D eigenvalue weighted by molar-refractivity contribution is 5.25. The first-order chi connectivity index (χ1) is 13.7. The third-order valence-corrected chi connectivity index (χ3v) is 6.40. The third-order valence-electron chi connectivity index (χ3n) is 6.40. The van der Waals surface area contributed by atoms with Gasteiger partial charge in [0.15, 0.2) is 0 Å². The molecule has 0 radical (unpaired) electrons. The lowest BCUT2D eigenvalue weighted by Gasteiger charge is -2.42. The molecule has 2 heterocycles. The number of piperidine rings is 1. The Labute approximate surface area is 168 Å². The number of aromatic nitrogens is 3. The van der Waals surface area contributed by atoms with E-state index in [4.69, 9.17) is 0 Å². The van der Waals surface area contributed by atoms with Gasteiger partial charge in [0.2, 0.25) is 0 Å². The van der Waals surface area contributed by atoms with E-state index in [0.717, 1.165) is 25.2 Å². The standard InChI is InChI=1S/C23H34N4O/c1-3-4-5-6-13-26-16-22(27-15-20(24-25-27)18-11-12-18)23(28)14-21(26)19-9-7-17(2)8-10-19/h7-10,15,18,21-23,28H,3-6,11-14,16H2,1-2H3/t21-,22+,23+/m0/s1. The molecule has 2 aliphatic rings. The Morgan fingerprint density at radius 1 is 1.11 bits per heavy atom. The zero-order valence-electron chi connectivity index (χ0n) is 17.3. The summed E-state index contributed by atoms with van der Waals surface area (Å²) in [6, 6.07) is 9.09. The van der Waals surface area contributed by atoms with Crippen molar-refractivity contribution < 1.29 is 5.11 Å². The van der Waals surface area contributed by atoms with Crippen molar-refractivity contribution in [1.82, 2.24) is 19.9 Å². The summed E-state index contributed by atoms with van der Waals surface area (Å²) in [4.78, 5) is 2.57. The van der Waals surface area contributed by atoms with E-state index in [0.29, 0.717) is 5.92 Å². The van der Waals surface area contributed by atoms with Crippen LogP contribution >= 0.6 is 0 Å². The lowest BCUT2D eigenvalue weighted by atomic mass is 9.90. The van der Waals surface area contributed by atoms with Crippen molar-refractivity contribution in [2.45, 2.75) is 82.9 Å². The van der Waals surface area contributed by atoms with Crippen molar-refractivity contribution in [2.24, 2.45) is 0 Å². The summed E-state index contributed by atoms with van der Waals surface area (Å²) in [5, 5.41) is 19.7. The van der Waals surface area contributed by atoms with Gasteiger partial charge in [0.25, 0.3) is 0 Å². The van der Waals surface area contributed by atoms with Gasteiger partial charge in [0.05, 0.1) is 17.8 Å². The van der Waals surface area contributed by atoms with Crippen LogP contribution < -0.4 is 0 Å². The second kappa shape index (κ2) is 8.75. The number of hydrogen-bond acceptors (Lipinski definition) is 4. The molecule has 3 atom stereocenters. The maximum atomic E-state index is 11.0. The molecule has 4 rings (SSSR count). The van der Waals surface area contributed by atoms with E-state index < -0.39 is 6.10 Å². The number of hydrogen-bond donors (Lipinski definition) is 1. The summed E-state index contributed by atoms with van der Waals surface area (Å²) in [6.45, 7) is 6.29. The molecule has 1 aliphatic heterocycles. The number of likely N-dealkylation sites (tertiary alicyclic amines) is 1. The van der Waals surface area contributed by atoms with E-state index >= 15 is 0 Å². The molecule has 0 amide bonds. The van der Waals surface area contributed by atoms with E-state index in [9.17, 15) is 5.11 Å². The molecule has 0 unspecified atom stereocenters. The smallest absolute Gasteiger partial charge is 0.0923 e. The van der Waals surface area contributed by atoms with Gasteiger partial charge in [-0.3, -0.25) is 4.90 Å². The summed E-state index contributed by atoms with van der Waals surface area (Å²) in [7, 11) is 0. The quantitative estimate of drug-likeness (QED) is 0.688. The number of rotatable bonds is 8. The predicted octanol–water partition coefficient (Wildman–Crippen LogP) is 4.39. The maximum Gasteiger partial charge on any atom is 0.0923 e. The summed E-state index contributed by atoms with van der Waals surface area (Å²) in [6.07, 6.45) is 9.92. The van der Waals surface area contributed by atoms with Gasteiger partial charge < -0.3 is 5.11 Å². The molecule has 28 heavy (non-hydrogen) atoms. The van der Waals surface area contributed by atoms with Crippen LogP contribution in [0.4, 0.5) is 0 Å². The van der Waals surface area contributed by atoms with Crippen LogP contribution in [0.3, 0.4) is 0 Å². The fraction of sp³-hybridized carbons (Fsp3) is 0.652. The van der Waals surface area contributed by atoms with E-state index in [1.807, 2.05) is 4.68 Å². The van der Waals surface area contributed by atoms with Crippen molar-refractivity contribution in [3.63, 3.8) is 0 Å². The van der Waals surface area contributed by atoms with E-state index in [2.05, 4.69) is 59.5 Å². The van der Waals surface area contributed by atoms with Crippen LogP contribution in [-0.2, 0) is 0 Å². The molecule has 0 spiro atoms. The maximum absolute atomic E-state index is 11.0. The molecule has 2 fully saturated rings. The molecular weight excluding hydrogens is 348 g/mol. The van der Waals surface area contributed by atoms with Crippen LogP contribution in [0.1, 0.15) is 86.7 Å². The van der Waals surface area contributed by atoms with E-state index in [1.165, 1.54) is 49.7 Å². The highest BCUT2D eigenvalue weighted by Gasteiger charge is 2.37. The zero-order chi connectivity index (χ0) is 19.5. The topological polar surface area (TPSA) is 54.2 Å². The summed E-state index contributed by atoms with van der Waals surface area (Å²) < 4.78 is 1.93. The normalized spacial score (nSPS) is 25.9. The van der Waals surface area contributed by atoms with Crippen molar-refractivity contribution in [3.8, 4) is 0 Å². The van der Waals surface area contributed by atoms with E-state index in [-0.39, 0.29) is 12.1 Å². The Balaban J connectivity index is 1.51. The molecule has 1 aliphatic carbocycles. The van der Waals surface area contributed by atoms with Gasteiger partial charge in [-0.15, -0.1) is 5.10 Å². The van der Waals surface area contributed by atoms with Crippen molar-refractivity contribution >= 4 is 0 Å². The Morgan fingerprint density at radius 3 is 2.61 bits per heavy atom. The monoisotopic (exact) mass is 382 g/mol. The number of benzene rings is 1. The highest BCUT2D eigenvalue weighted by atomic mass is 16.3. The lowest BCUT2D eigenvalue weighted by molar-refractivity contribution is -0.00776. The molecule has 5 heteroatoms. The van der Waals surface area contributed by atoms with Crippen molar-refractivity contribution in [2.75, 3.05) is 13.1 Å². The molecule has 152 valence electrons. The minimum atomic E-state index is -0.396. The highest BCUT2D eigenvalue weighted by Crippen LogP contribution is 2.40. The molecule has 5 nitrogen and oxygen atoms in total. The summed E-state index contributed by atoms with van der Waals surface area (Å²) in [5.41, 5.74) is 3.70. The minimum absolute atomic E-state index is 0.00660. The van der Waals surface area contributed by atoms with Gasteiger partial charge in [-0.2, -0.15) is 0 Å². The number of aliphatic hydroxyl groups is 1. The molecule has 1 saturated carbocycles. The van der Waals surface area contributed by atoms with Crippen LogP contribution in [0.15, 0.2) is 30.5 Å². The Bertz CT molecular complexity index is 752. The Hall–Kier alpha value is -1.72.